The number of benzene rings is 3. The van der Waals surface area contributed by atoms with E-state index >= 15 is 0 Å². The zero-order chi connectivity index (χ0) is 19.8. The summed E-state index contributed by atoms with van der Waals surface area (Å²) in [6.45, 7) is 7.96. The van der Waals surface area contributed by atoms with Gasteiger partial charge in [0.25, 0.3) is 0 Å². The molecule has 0 saturated carbocycles. The Hall–Kier alpha value is -2.80. The van der Waals surface area contributed by atoms with Crippen molar-refractivity contribution >= 4 is 34.8 Å². The number of nitrogens with zero attached hydrogens (tertiary/aromatic N) is 2. The highest BCUT2D eigenvalue weighted by Crippen LogP contribution is 2.25. The summed E-state index contributed by atoms with van der Waals surface area (Å²) >= 11 is 0. The molecule has 0 heterocycles. The van der Waals surface area contributed by atoms with Crippen molar-refractivity contribution in [2.24, 2.45) is 0 Å². The van der Waals surface area contributed by atoms with Crippen molar-refractivity contribution in [1.82, 2.24) is 4.90 Å². The maximum absolute atomic E-state index is 9.68. The van der Waals surface area contributed by atoms with Crippen molar-refractivity contribution in [3.8, 4) is 11.8 Å². The van der Waals surface area contributed by atoms with Gasteiger partial charge in [-0.05, 0) is 65.3 Å². The summed E-state index contributed by atoms with van der Waals surface area (Å²) in [7, 11) is 0. The first-order valence-electron chi connectivity index (χ1n) is 9.80. The summed E-state index contributed by atoms with van der Waals surface area (Å²) in [5.74, 6) is 0.832. The van der Waals surface area contributed by atoms with Crippen LogP contribution in [0.3, 0.4) is 0 Å². The standard InChI is InChI=1S/C25H26N2O.ClH/c1-3-27(4-2)16-17-28-24-14-12-20(13-15-24)23(19-26)18-22-10-7-9-21-8-5-6-11-25(21)22;/h5-15,18H,3-4,16-17H2,1-2H3;1H/b23-18+;. The van der Waals surface area contributed by atoms with Crippen LogP contribution in [0.25, 0.3) is 22.4 Å². The Morgan fingerprint density at radius 3 is 2.34 bits per heavy atom. The average Bonchev–Trinajstić information content (AvgIpc) is 2.76. The van der Waals surface area contributed by atoms with E-state index in [9.17, 15) is 5.26 Å². The molecule has 3 rings (SSSR count). The topological polar surface area (TPSA) is 36.3 Å². The molecular weight excluding hydrogens is 380 g/mol. The third-order valence-electron chi connectivity index (χ3n) is 4.98. The molecule has 0 radical (unpaired) electrons. The number of likely N-dealkylation sites (N-methyl/N-ethyl adjacent to an activating group) is 1. The minimum atomic E-state index is 0. The number of halogens is 1. The molecular formula is C25H27ClN2O. The molecule has 0 fully saturated rings. The Kier molecular flexibility index (Phi) is 8.73. The van der Waals surface area contributed by atoms with E-state index in [1.807, 2.05) is 54.6 Å². The van der Waals surface area contributed by atoms with E-state index in [0.717, 1.165) is 41.9 Å². The van der Waals surface area contributed by atoms with Crippen LogP contribution >= 0.6 is 12.4 Å². The minimum Gasteiger partial charge on any atom is -0.492 e. The van der Waals surface area contributed by atoms with Crippen LogP contribution in [0.4, 0.5) is 0 Å². The predicted octanol–water partition coefficient (Wildman–Crippen LogP) is 6.05. The number of hydrogen-bond donors (Lipinski definition) is 0. The molecule has 0 saturated heterocycles. The highest BCUT2D eigenvalue weighted by atomic mass is 35.5. The summed E-state index contributed by atoms with van der Waals surface area (Å²) in [5, 5.41) is 12.0. The van der Waals surface area contributed by atoms with Crippen LogP contribution in [-0.2, 0) is 0 Å². The first kappa shape index (κ1) is 22.5. The van der Waals surface area contributed by atoms with Crippen LogP contribution in [0.5, 0.6) is 5.75 Å². The molecule has 29 heavy (non-hydrogen) atoms. The lowest BCUT2D eigenvalue weighted by Gasteiger charge is -2.18. The molecule has 0 aliphatic rings. The van der Waals surface area contributed by atoms with Crippen molar-refractivity contribution in [2.45, 2.75) is 13.8 Å². The van der Waals surface area contributed by atoms with Crippen molar-refractivity contribution in [3.05, 3.63) is 77.9 Å². The van der Waals surface area contributed by atoms with Crippen molar-refractivity contribution in [1.29, 1.82) is 5.26 Å². The molecule has 3 aromatic rings. The maximum atomic E-state index is 9.68. The van der Waals surface area contributed by atoms with E-state index in [0.29, 0.717) is 12.2 Å². The van der Waals surface area contributed by atoms with Gasteiger partial charge in [0.1, 0.15) is 12.4 Å². The van der Waals surface area contributed by atoms with Crippen LogP contribution in [0.15, 0.2) is 66.7 Å². The molecule has 0 aliphatic carbocycles. The zero-order valence-corrected chi connectivity index (χ0v) is 17.8. The molecule has 3 aromatic carbocycles. The van der Waals surface area contributed by atoms with Crippen molar-refractivity contribution in [2.75, 3.05) is 26.2 Å². The fourth-order valence-corrected chi connectivity index (χ4v) is 3.28. The maximum Gasteiger partial charge on any atom is 0.119 e. The Morgan fingerprint density at radius 1 is 0.966 bits per heavy atom. The summed E-state index contributed by atoms with van der Waals surface area (Å²) in [6.07, 6.45) is 1.96. The van der Waals surface area contributed by atoms with Gasteiger partial charge in [0.2, 0.25) is 0 Å². The van der Waals surface area contributed by atoms with Gasteiger partial charge in [0.05, 0.1) is 11.6 Å². The largest absolute Gasteiger partial charge is 0.492 e. The van der Waals surface area contributed by atoms with Gasteiger partial charge in [-0.3, -0.25) is 0 Å². The molecule has 0 atom stereocenters. The quantitative estimate of drug-likeness (QED) is 0.337. The number of ether oxygens (including phenoxy) is 1. The fourth-order valence-electron chi connectivity index (χ4n) is 3.28. The fraction of sp³-hybridized carbons (Fsp3) is 0.240. The molecule has 0 unspecified atom stereocenters. The van der Waals surface area contributed by atoms with Crippen LogP contribution in [-0.4, -0.2) is 31.1 Å². The van der Waals surface area contributed by atoms with Crippen LogP contribution < -0.4 is 4.74 Å². The molecule has 0 amide bonds. The molecule has 3 nitrogen and oxygen atoms in total. The van der Waals surface area contributed by atoms with E-state index in [-0.39, 0.29) is 12.4 Å². The summed E-state index contributed by atoms with van der Waals surface area (Å²) in [5.41, 5.74) is 2.59. The van der Waals surface area contributed by atoms with Gasteiger partial charge in [-0.1, -0.05) is 56.3 Å². The number of nitriles is 1. The molecule has 0 aromatic heterocycles. The normalized spacial score (nSPS) is 11.2. The smallest absolute Gasteiger partial charge is 0.119 e. The van der Waals surface area contributed by atoms with Gasteiger partial charge in [0.15, 0.2) is 0 Å². The van der Waals surface area contributed by atoms with E-state index in [2.05, 4.69) is 43.0 Å². The third-order valence-corrected chi connectivity index (χ3v) is 4.98. The Balaban J connectivity index is 0.00000300. The SMILES string of the molecule is CCN(CC)CCOc1ccc(/C(C#N)=C/c2cccc3ccccc23)cc1.Cl. The first-order chi connectivity index (χ1) is 13.7. The number of allylic oxidation sites excluding steroid dienone is 1. The monoisotopic (exact) mass is 406 g/mol. The van der Waals surface area contributed by atoms with Crippen LogP contribution in [0, 0.1) is 11.3 Å². The third kappa shape index (κ3) is 5.84. The van der Waals surface area contributed by atoms with Gasteiger partial charge < -0.3 is 9.64 Å². The Labute approximate surface area is 179 Å². The number of fused-ring (bicyclic) bond motifs is 1. The second kappa shape index (κ2) is 11.3. The van der Waals surface area contributed by atoms with Crippen LogP contribution in [0.1, 0.15) is 25.0 Å². The van der Waals surface area contributed by atoms with Crippen LogP contribution in [0.2, 0.25) is 0 Å². The molecule has 0 bridgehead atoms. The average molecular weight is 407 g/mol. The lowest BCUT2D eigenvalue weighted by atomic mass is 9.99. The van der Waals surface area contributed by atoms with E-state index < -0.39 is 0 Å². The van der Waals surface area contributed by atoms with Gasteiger partial charge in [-0.2, -0.15) is 5.26 Å². The molecule has 0 N–H and O–H groups in total. The molecule has 150 valence electrons. The second-order valence-electron chi connectivity index (χ2n) is 6.64. The zero-order valence-electron chi connectivity index (χ0n) is 17.0. The first-order valence-corrected chi connectivity index (χ1v) is 9.80. The Bertz CT molecular complexity index is 980. The molecule has 0 aliphatic heterocycles. The van der Waals surface area contributed by atoms with Gasteiger partial charge in [-0.15, -0.1) is 12.4 Å². The van der Waals surface area contributed by atoms with Crippen molar-refractivity contribution < 1.29 is 4.74 Å². The second-order valence-corrected chi connectivity index (χ2v) is 6.64. The highest BCUT2D eigenvalue weighted by Gasteiger charge is 2.05. The molecule has 0 spiro atoms. The van der Waals surface area contributed by atoms with Crippen molar-refractivity contribution in [3.63, 3.8) is 0 Å². The lowest BCUT2D eigenvalue weighted by Crippen LogP contribution is -2.27. The van der Waals surface area contributed by atoms with E-state index in [1.54, 1.807) is 0 Å². The number of hydrogen-bond acceptors (Lipinski definition) is 3. The van der Waals surface area contributed by atoms with Gasteiger partial charge >= 0.3 is 0 Å². The Morgan fingerprint density at radius 2 is 1.66 bits per heavy atom. The predicted molar refractivity (Wildman–Crippen MR) is 124 cm³/mol. The summed E-state index contributed by atoms with van der Waals surface area (Å²) in [6, 6.07) is 24.5. The lowest BCUT2D eigenvalue weighted by molar-refractivity contribution is 0.223. The highest BCUT2D eigenvalue weighted by molar-refractivity contribution is 5.98. The van der Waals surface area contributed by atoms with Gasteiger partial charge in [0, 0.05) is 6.54 Å². The summed E-state index contributed by atoms with van der Waals surface area (Å²) < 4.78 is 5.84. The minimum absolute atomic E-state index is 0. The summed E-state index contributed by atoms with van der Waals surface area (Å²) in [4.78, 5) is 2.33. The van der Waals surface area contributed by atoms with E-state index in [1.165, 1.54) is 5.39 Å². The van der Waals surface area contributed by atoms with E-state index in [4.69, 9.17) is 4.74 Å². The number of rotatable bonds is 8. The molecule has 4 heteroatoms. The van der Waals surface area contributed by atoms with Gasteiger partial charge in [-0.25, -0.2) is 0 Å².